The summed E-state index contributed by atoms with van der Waals surface area (Å²) in [4.78, 5) is 13.7. The second kappa shape index (κ2) is 5.61. The predicted molar refractivity (Wildman–Crippen MR) is 76.1 cm³/mol. The molecular weight excluding hydrogens is 240 g/mol. The average molecular weight is 262 g/mol. The lowest BCUT2D eigenvalue weighted by Crippen LogP contribution is -2.42. The Morgan fingerprint density at radius 3 is 2.89 bits per heavy atom. The number of aromatic carboxylic acids is 1. The smallest absolute Gasteiger partial charge is 0.338 e. The first-order chi connectivity index (χ1) is 9.00. The molecule has 1 heterocycles. The van der Waals surface area contributed by atoms with Gasteiger partial charge in [0.05, 0.1) is 5.56 Å². The van der Waals surface area contributed by atoms with Gasteiger partial charge in [0.25, 0.3) is 0 Å². The van der Waals surface area contributed by atoms with E-state index >= 15 is 0 Å². The maximum absolute atomic E-state index is 11.3. The van der Waals surface area contributed by atoms with Crippen LogP contribution in [0.15, 0.2) is 18.2 Å². The molecule has 19 heavy (non-hydrogen) atoms. The van der Waals surface area contributed by atoms with E-state index in [9.17, 15) is 9.90 Å². The van der Waals surface area contributed by atoms with Crippen LogP contribution in [-0.4, -0.2) is 28.6 Å². The summed E-state index contributed by atoms with van der Waals surface area (Å²) in [6.07, 6.45) is 2.43. The Morgan fingerprint density at radius 2 is 2.21 bits per heavy atom. The minimum absolute atomic E-state index is 0.257. The highest BCUT2D eigenvalue weighted by molar-refractivity contribution is 5.95. The van der Waals surface area contributed by atoms with Crippen LogP contribution in [-0.2, 0) is 6.54 Å². The van der Waals surface area contributed by atoms with Crippen LogP contribution < -0.4 is 5.73 Å². The van der Waals surface area contributed by atoms with Crippen LogP contribution in [0.3, 0.4) is 0 Å². The summed E-state index contributed by atoms with van der Waals surface area (Å²) >= 11 is 0. The van der Waals surface area contributed by atoms with Crippen LogP contribution in [0.25, 0.3) is 0 Å². The zero-order chi connectivity index (χ0) is 14.0. The van der Waals surface area contributed by atoms with Gasteiger partial charge < -0.3 is 10.8 Å². The summed E-state index contributed by atoms with van der Waals surface area (Å²) in [5, 5.41) is 9.30. The number of anilines is 1. The molecule has 1 aromatic carbocycles. The third kappa shape index (κ3) is 2.89. The molecule has 4 heteroatoms. The third-order valence-electron chi connectivity index (χ3n) is 4.27. The fraction of sp³-hybridized carbons (Fsp3) is 0.533. The van der Waals surface area contributed by atoms with E-state index in [2.05, 4.69) is 18.7 Å². The van der Waals surface area contributed by atoms with Crippen LogP contribution in [0, 0.1) is 5.92 Å². The molecule has 2 atom stereocenters. The van der Waals surface area contributed by atoms with E-state index in [0.717, 1.165) is 12.1 Å². The van der Waals surface area contributed by atoms with Gasteiger partial charge in [-0.2, -0.15) is 0 Å². The van der Waals surface area contributed by atoms with Gasteiger partial charge in [-0.25, -0.2) is 4.79 Å². The average Bonchev–Trinajstić information content (AvgIpc) is 2.34. The van der Waals surface area contributed by atoms with Crippen LogP contribution in [0.1, 0.15) is 42.6 Å². The Hall–Kier alpha value is -1.55. The molecule has 2 unspecified atom stereocenters. The van der Waals surface area contributed by atoms with E-state index < -0.39 is 5.97 Å². The summed E-state index contributed by atoms with van der Waals surface area (Å²) < 4.78 is 0. The van der Waals surface area contributed by atoms with Crippen molar-refractivity contribution < 1.29 is 9.90 Å². The predicted octanol–water partition coefficient (Wildman–Crippen LogP) is 2.59. The number of rotatable bonds is 3. The van der Waals surface area contributed by atoms with Gasteiger partial charge >= 0.3 is 5.97 Å². The van der Waals surface area contributed by atoms with E-state index in [4.69, 9.17) is 5.73 Å². The molecule has 0 radical (unpaired) electrons. The minimum atomic E-state index is -0.939. The monoisotopic (exact) mass is 262 g/mol. The molecule has 0 spiro atoms. The zero-order valence-corrected chi connectivity index (χ0v) is 11.6. The first kappa shape index (κ1) is 13.9. The molecule has 0 amide bonds. The van der Waals surface area contributed by atoms with Gasteiger partial charge in [0.15, 0.2) is 0 Å². The number of carboxylic acid groups (broad SMARTS) is 1. The highest BCUT2D eigenvalue weighted by Crippen LogP contribution is 2.26. The van der Waals surface area contributed by atoms with Crippen molar-refractivity contribution in [3.8, 4) is 0 Å². The molecule has 4 nitrogen and oxygen atoms in total. The first-order valence-corrected chi connectivity index (χ1v) is 6.85. The van der Waals surface area contributed by atoms with Gasteiger partial charge in [-0.05, 0) is 43.9 Å². The molecule has 1 aliphatic rings. The van der Waals surface area contributed by atoms with Gasteiger partial charge in [-0.3, -0.25) is 4.90 Å². The Bertz CT molecular complexity index is 473. The number of hydrogen-bond donors (Lipinski definition) is 2. The molecule has 0 aliphatic carbocycles. The highest BCUT2D eigenvalue weighted by atomic mass is 16.4. The molecule has 1 aliphatic heterocycles. The van der Waals surface area contributed by atoms with Crippen molar-refractivity contribution in [3.63, 3.8) is 0 Å². The van der Waals surface area contributed by atoms with E-state index in [-0.39, 0.29) is 5.56 Å². The largest absolute Gasteiger partial charge is 0.478 e. The number of hydrogen-bond acceptors (Lipinski definition) is 3. The van der Waals surface area contributed by atoms with Gasteiger partial charge in [0.2, 0.25) is 0 Å². The SMILES string of the molecule is CC1CCCN(Cc2cccc(N)c2C(=O)O)C1C. The van der Waals surface area contributed by atoms with Crippen LogP contribution in [0.2, 0.25) is 0 Å². The van der Waals surface area contributed by atoms with Crippen LogP contribution in [0.4, 0.5) is 5.69 Å². The molecular formula is C15H22N2O2. The molecule has 0 bridgehead atoms. The number of likely N-dealkylation sites (tertiary alicyclic amines) is 1. The molecule has 1 fully saturated rings. The summed E-state index contributed by atoms with van der Waals surface area (Å²) in [5.41, 5.74) is 7.21. The standard InChI is InChI=1S/C15H22N2O2/c1-10-5-4-8-17(11(10)2)9-12-6-3-7-13(16)14(12)15(18)19/h3,6-7,10-11H,4-5,8-9,16H2,1-2H3,(H,18,19). The Morgan fingerprint density at radius 1 is 1.47 bits per heavy atom. The summed E-state index contributed by atoms with van der Waals surface area (Å²) in [6, 6.07) is 5.83. The summed E-state index contributed by atoms with van der Waals surface area (Å²) in [5.74, 6) is -0.283. The lowest BCUT2D eigenvalue weighted by Gasteiger charge is -2.38. The Balaban J connectivity index is 2.23. The Labute approximate surface area is 114 Å². The molecule has 0 saturated carbocycles. The topological polar surface area (TPSA) is 66.6 Å². The molecule has 104 valence electrons. The summed E-state index contributed by atoms with van der Waals surface area (Å²) in [7, 11) is 0. The lowest BCUT2D eigenvalue weighted by molar-refractivity contribution is 0.0691. The summed E-state index contributed by atoms with van der Waals surface area (Å²) in [6.45, 7) is 6.17. The number of benzene rings is 1. The van der Waals surface area contributed by atoms with Crippen molar-refractivity contribution in [2.45, 2.75) is 39.3 Å². The third-order valence-corrected chi connectivity index (χ3v) is 4.27. The van der Waals surface area contributed by atoms with Crippen molar-refractivity contribution in [2.75, 3.05) is 12.3 Å². The quantitative estimate of drug-likeness (QED) is 0.822. The Kier molecular flexibility index (Phi) is 4.10. The van der Waals surface area contributed by atoms with E-state index in [0.29, 0.717) is 24.2 Å². The van der Waals surface area contributed by atoms with Gasteiger partial charge in [-0.1, -0.05) is 19.1 Å². The van der Waals surface area contributed by atoms with Crippen molar-refractivity contribution >= 4 is 11.7 Å². The number of piperidine rings is 1. The number of nitrogens with two attached hydrogens (primary N) is 1. The minimum Gasteiger partial charge on any atom is -0.478 e. The first-order valence-electron chi connectivity index (χ1n) is 6.85. The lowest BCUT2D eigenvalue weighted by atomic mass is 9.91. The maximum Gasteiger partial charge on any atom is 0.338 e. The number of nitrogens with zero attached hydrogens (tertiary/aromatic N) is 1. The molecule has 2 rings (SSSR count). The highest BCUT2D eigenvalue weighted by Gasteiger charge is 2.26. The van der Waals surface area contributed by atoms with Gasteiger partial charge in [-0.15, -0.1) is 0 Å². The number of carbonyl (C=O) groups is 1. The normalized spacial score (nSPS) is 24.3. The van der Waals surface area contributed by atoms with E-state index in [1.54, 1.807) is 6.07 Å². The van der Waals surface area contributed by atoms with Gasteiger partial charge in [0.1, 0.15) is 0 Å². The molecule has 1 aromatic rings. The molecule has 1 saturated heterocycles. The molecule has 3 N–H and O–H groups in total. The number of nitrogen functional groups attached to an aromatic ring is 1. The van der Waals surface area contributed by atoms with Crippen LogP contribution >= 0.6 is 0 Å². The second-order valence-electron chi connectivity index (χ2n) is 5.52. The van der Waals surface area contributed by atoms with Crippen molar-refractivity contribution in [1.82, 2.24) is 4.90 Å². The van der Waals surface area contributed by atoms with Crippen molar-refractivity contribution in [1.29, 1.82) is 0 Å². The zero-order valence-electron chi connectivity index (χ0n) is 11.6. The van der Waals surface area contributed by atoms with Crippen molar-refractivity contribution in [3.05, 3.63) is 29.3 Å². The van der Waals surface area contributed by atoms with E-state index in [1.807, 2.05) is 12.1 Å². The number of carboxylic acids is 1. The maximum atomic E-state index is 11.3. The van der Waals surface area contributed by atoms with E-state index in [1.165, 1.54) is 12.8 Å². The molecule has 0 aromatic heterocycles. The van der Waals surface area contributed by atoms with Crippen molar-refractivity contribution in [2.24, 2.45) is 5.92 Å². The fourth-order valence-electron chi connectivity index (χ4n) is 2.88. The fourth-order valence-corrected chi connectivity index (χ4v) is 2.88. The van der Waals surface area contributed by atoms with Gasteiger partial charge in [0, 0.05) is 18.3 Å². The second-order valence-corrected chi connectivity index (χ2v) is 5.52. The van der Waals surface area contributed by atoms with Crippen LogP contribution in [0.5, 0.6) is 0 Å².